The fraction of sp³-hybridized carbons (Fsp3) is 0.100. The fourth-order valence-electron chi connectivity index (χ4n) is 3.13. The number of benzene rings is 2. The molecule has 2 aromatic carbocycles. The summed E-state index contributed by atoms with van der Waals surface area (Å²) in [6.07, 6.45) is 0.980. The number of rotatable bonds is 2. The number of hydrogen-bond donors (Lipinski definition) is 1. The quantitative estimate of drug-likeness (QED) is 0.483. The average Bonchev–Trinajstić information content (AvgIpc) is 3.11. The second kappa shape index (κ2) is 5.63. The predicted molar refractivity (Wildman–Crippen MR) is 101 cm³/mol. The van der Waals surface area contributed by atoms with Crippen molar-refractivity contribution in [2.75, 3.05) is 0 Å². The Labute approximate surface area is 143 Å². The lowest BCUT2D eigenvalue weighted by atomic mass is 9.95. The van der Waals surface area contributed by atoms with Crippen LogP contribution in [0.15, 0.2) is 52.6 Å². The first-order chi connectivity index (χ1) is 11.7. The molecule has 0 amide bonds. The van der Waals surface area contributed by atoms with Crippen LogP contribution in [0.3, 0.4) is 0 Å². The predicted octanol–water partition coefficient (Wildman–Crippen LogP) is 5.52. The number of aromatic nitrogens is 1. The zero-order valence-corrected chi connectivity index (χ0v) is 13.9. The van der Waals surface area contributed by atoms with Crippen molar-refractivity contribution >= 4 is 38.0 Å². The van der Waals surface area contributed by atoms with Gasteiger partial charge < -0.3 is 4.98 Å². The van der Waals surface area contributed by atoms with Crippen LogP contribution in [-0.4, -0.2) is 4.98 Å². The molecule has 0 radical (unpaired) electrons. The lowest BCUT2D eigenvalue weighted by molar-refractivity contribution is 1.14. The highest BCUT2D eigenvalue weighted by molar-refractivity contribution is 7.17. The Morgan fingerprint density at radius 3 is 2.62 bits per heavy atom. The van der Waals surface area contributed by atoms with Crippen molar-refractivity contribution in [3.05, 3.63) is 75.2 Å². The van der Waals surface area contributed by atoms with Gasteiger partial charge in [0.15, 0.2) is 5.69 Å². The van der Waals surface area contributed by atoms with Crippen LogP contribution in [0.1, 0.15) is 12.5 Å². The second-order valence-corrected chi connectivity index (χ2v) is 6.58. The van der Waals surface area contributed by atoms with E-state index in [4.69, 9.17) is 6.57 Å². The van der Waals surface area contributed by atoms with Crippen molar-refractivity contribution in [2.45, 2.75) is 13.3 Å². The molecule has 4 aromatic rings. The Morgan fingerprint density at radius 1 is 1.12 bits per heavy atom. The van der Waals surface area contributed by atoms with Gasteiger partial charge in [-0.2, -0.15) is 0 Å². The van der Waals surface area contributed by atoms with Gasteiger partial charge >= 0.3 is 0 Å². The average molecular weight is 330 g/mol. The summed E-state index contributed by atoms with van der Waals surface area (Å²) < 4.78 is 0.705. The zero-order valence-electron chi connectivity index (χ0n) is 13.1. The van der Waals surface area contributed by atoms with Crippen molar-refractivity contribution in [1.29, 1.82) is 0 Å². The topological polar surface area (TPSA) is 37.2 Å². The molecule has 0 spiro atoms. The third-order valence-corrected chi connectivity index (χ3v) is 5.26. The fourth-order valence-corrected chi connectivity index (χ4v) is 3.92. The first kappa shape index (κ1) is 14.7. The first-order valence-corrected chi connectivity index (χ1v) is 8.64. The summed E-state index contributed by atoms with van der Waals surface area (Å²) in [6.45, 7) is 9.68. The molecule has 0 aliphatic heterocycles. The maximum atomic E-state index is 12.2. The molecule has 2 aromatic heterocycles. The van der Waals surface area contributed by atoms with Crippen molar-refractivity contribution in [3.63, 3.8) is 0 Å². The molecular weight excluding hydrogens is 316 g/mol. The van der Waals surface area contributed by atoms with E-state index < -0.39 is 0 Å². The third-order valence-electron chi connectivity index (χ3n) is 4.34. The highest BCUT2D eigenvalue weighted by Crippen LogP contribution is 2.40. The van der Waals surface area contributed by atoms with Crippen LogP contribution in [0.25, 0.3) is 37.0 Å². The third kappa shape index (κ3) is 2.14. The van der Waals surface area contributed by atoms with Gasteiger partial charge in [-0.1, -0.05) is 37.3 Å². The number of H-pyrrole nitrogens is 1. The van der Waals surface area contributed by atoms with E-state index in [1.165, 1.54) is 16.9 Å². The van der Waals surface area contributed by atoms with Gasteiger partial charge in [0.05, 0.1) is 6.57 Å². The maximum Gasteiger partial charge on any atom is 0.266 e. The van der Waals surface area contributed by atoms with E-state index in [1.807, 2.05) is 17.5 Å². The summed E-state index contributed by atoms with van der Waals surface area (Å²) in [5.41, 5.74) is 4.46. The summed E-state index contributed by atoms with van der Waals surface area (Å²) in [4.78, 5) is 18.9. The molecule has 0 atom stereocenters. The van der Waals surface area contributed by atoms with Gasteiger partial charge in [-0.3, -0.25) is 4.79 Å². The van der Waals surface area contributed by atoms with Crippen molar-refractivity contribution in [1.82, 2.24) is 4.98 Å². The first-order valence-electron chi connectivity index (χ1n) is 7.76. The SMILES string of the molecule is [C-]#[N+]c1ccc2[nH]c(=O)c3sccc3c2c1-c1ccc(CC)cc1. The van der Waals surface area contributed by atoms with Gasteiger partial charge in [0.25, 0.3) is 5.56 Å². The molecular formula is C20H14N2OS. The molecule has 0 bridgehead atoms. The molecule has 0 unspecified atom stereocenters. The number of fused-ring (bicyclic) bond motifs is 3. The molecule has 2 heterocycles. The number of nitrogens with one attached hydrogen (secondary N) is 1. The van der Waals surface area contributed by atoms with Gasteiger partial charge in [0.1, 0.15) is 4.70 Å². The Morgan fingerprint density at radius 2 is 1.92 bits per heavy atom. The number of aryl methyl sites for hydroxylation is 1. The number of thiophene rings is 1. The summed E-state index contributed by atoms with van der Waals surface area (Å²) in [5, 5.41) is 3.79. The lowest BCUT2D eigenvalue weighted by Crippen LogP contribution is -2.04. The van der Waals surface area contributed by atoms with Crippen LogP contribution in [0.2, 0.25) is 0 Å². The van der Waals surface area contributed by atoms with E-state index in [9.17, 15) is 4.79 Å². The Balaban J connectivity index is 2.17. The molecule has 24 heavy (non-hydrogen) atoms. The number of hydrogen-bond acceptors (Lipinski definition) is 2. The lowest BCUT2D eigenvalue weighted by Gasteiger charge is -2.11. The Bertz CT molecular complexity index is 1160. The second-order valence-electron chi connectivity index (χ2n) is 5.66. The van der Waals surface area contributed by atoms with Crippen LogP contribution < -0.4 is 5.56 Å². The number of nitrogens with zero attached hydrogens (tertiary/aromatic N) is 1. The summed E-state index contributed by atoms with van der Waals surface area (Å²) in [7, 11) is 0. The normalized spacial score (nSPS) is 11.0. The van der Waals surface area contributed by atoms with Gasteiger partial charge in [-0.15, -0.1) is 11.3 Å². The van der Waals surface area contributed by atoms with Gasteiger partial charge in [0, 0.05) is 16.3 Å². The standard InChI is InChI=1S/C20H14N2OS/c1-3-12-4-6-13(7-5-12)17-15(21-2)8-9-16-18(17)14-10-11-24-19(14)20(23)22-16/h4-11H,3H2,1H3,(H,22,23). The van der Waals surface area contributed by atoms with Crippen LogP contribution in [0.5, 0.6) is 0 Å². The molecule has 0 saturated heterocycles. The van der Waals surface area contributed by atoms with Crippen LogP contribution in [-0.2, 0) is 6.42 Å². The van der Waals surface area contributed by atoms with Gasteiger partial charge in [-0.25, -0.2) is 4.85 Å². The highest BCUT2D eigenvalue weighted by Gasteiger charge is 2.15. The largest absolute Gasteiger partial charge is 0.321 e. The van der Waals surface area contributed by atoms with Crippen LogP contribution in [0, 0.1) is 6.57 Å². The van der Waals surface area contributed by atoms with E-state index in [1.54, 1.807) is 6.07 Å². The monoisotopic (exact) mass is 330 g/mol. The van der Waals surface area contributed by atoms with E-state index >= 15 is 0 Å². The minimum absolute atomic E-state index is 0.0738. The number of aromatic amines is 1. The summed E-state index contributed by atoms with van der Waals surface area (Å²) in [5.74, 6) is 0. The van der Waals surface area contributed by atoms with Crippen molar-refractivity contribution in [2.24, 2.45) is 0 Å². The zero-order chi connectivity index (χ0) is 16.7. The molecule has 3 nitrogen and oxygen atoms in total. The number of pyridine rings is 1. The molecule has 116 valence electrons. The molecule has 0 fully saturated rings. The molecule has 0 aliphatic carbocycles. The maximum absolute atomic E-state index is 12.2. The van der Waals surface area contributed by atoms with Crippen molar-refractivity contribution in [3.8, 4) is 11.1 Å². The summed E-state index contributed by atoms with van der Waals surface area (Å²) in [6, 6.07) is 13.9. The highest BCUT2D eigenvalue weighted by atomic mass is 32.1. The van der Waals surface area contributed by atoms with Gasteiger partial charge in [-0.05, 0) is 40.6 Å². The molecule has 4 heteroatoms. The van der Waals surface area contributed by atoms with E-state index in [0.29, 0.717) is 10.4 Å². The van der Waals surface area contributed by atoms with Crippen LogP contribution >= 0.6 is 11.3 Å². The molecule has 1 N–H and O–H groups in total. The Hall–Kier alpha value is -2.90. The molecule has 4 rings (SSSR count). The minimum atomic E-state index is -0.0738. The van der Waals surface area contributed by atoms with E-state index in [2.05, 4.69) is 41.0 Å². The van der Waals surface area contributed by atoms with E-state index in [0.717, 1.165) is 33.8 Å². The van der Waals surface area contributed by atoms with Crippen molar-refractivity contribution < 1.29 is 0 Å². The smallest absolute Gasteiger partial charge is 0.266 e. The molecule has 0 aliphatic rings. The van der Waals surface area contributed by atoms with E-state index in [-0.39, 0.29) is 5.56 Å². The minimum Gasteiger partial charge on any atom is -0.321 e. The van der Waals surface area contributed by atoms with Gasteiger partial charge in [0.2, 0.25) is 0 Å². The molecule has 0 saturated carbocycles. The van der Waals surface area contributed by atoms with Crippen LogP contribution in [0.4, 0.5) is 5.69 Å². The summed E-state index contributed by atoms with van der Waals surface area (Å²) >= 11 is 1.43. The Kier molecular flexibility index (Phi) is 3.44.